The second-order valence-electron chi connectivity index (χ2n) is 4.32. The van der Waals surface area contributed by atoms with E-state index in [4.69, 9.17) is 0 Å². The Morgan fingerprint density at radius 2 is 2.28 bits per heavy atom. The first kappa shape index (κ1) is 13.3. The van der Waals surface area contributed by atoms with Crippen molar-refractivity contribution in [3.05, 3.63) is 44.8 Å². The van der Waals surface area contributed by atoms with Crippen LogP contribution in [0.15, 0.2) is 34.3 Å². The summed E-state index contributed by atoms with van der Waals surface area (Å²) in [7, 11) is 0. The molecule has 0 aliphatic heterocycles. The second kappa shape index (κ2) is 5.65. The van der Waals surface area contributed by atoms with Crippen molar-refractivity contribution in [2.45, 2.75) is 18.9 Å². The van der Waals surface area contributed by atoms with E-state index in [1.54, 1.807) is 18.3 Å². The zero-order valence-electron chi connectivity index (χ0n) is 10.1. The zero-order valence-corrected chi connectivity index (χ0v) is 11.7. The summed E-state index contributed by atoms with van der Waals surface area (Å²) in [6, 6.07) is 5.73. The van der Waals surface area contributed by atoms with Gasteiger partial charge < -0.3 is 10.4 Å². The van der Waals surface area contributed by atoms with Gasteiger partial charge in [-0.1, -0.05) is 6.07 Å². The average molecular weight is 281 g/mol. The van der Waals surface area contributed by atoms with Gasteiger partial charge in [0.15, 0.2) is 0 Å². The van der Waals surface area contributed by atoms with Gasteiger partial charge in [0.1, 0.15) is 5.60 Å². The fourth-order valence-electron chi connectivity index (χ4n) is 1.58. The summed E-state index contributed by atoms with van der Waals surface area (Å²) in [6.07, 6.45) is 0.372. The topological polar surface area (TPSA) is 49.3 Å². The second-order valence-corrected chi connectivity index (χ2v) is 6.13. The Morgan fingerprint density at radius 1 is 1.44 bits per heavy atom. The summed E-state index contributed by atoms with van der Waals surface area (Å²) in [5, 5.41) is 18.8. The first-order valence-corrected chi connectivity index (χ1v) is 7.44. The molecule has 2 aromatic rings. The molecular weight excluding hydrogens is 266 g/mol. The summed E-state index contributed by atoms with van der Waals surface area (Å²) < 4.78 is 0. The van der Waals surface area contributed by atoms with Crippen LogP contribution in [0.3, 0.4) is 0 Å². The summed E-state index contributed by atoms with van der Waals surface area (Å²) in [5.41, 5.74) is -0.172. The number of aliphatic hydroxyl groups is 1. The zero-order chi connectivity index (χ0) is 13.0. The van der Waals surface area contributed by atoms with E-state index in [0.29, 0.717) is 6.42 Å². The molecule has 2 heterocycles. The SMILES string of the molecule is C[C@@](O)(CNC(=O)Cc1cccs1)c1ccsc1. The number of carbonyl (C=O) groups is 1. The number of carbonyl (C=O) groups excluding carboxylic acids is 1. The molecular formula is C13H15NO2S2. The first-order chi connectivity index (χ1) is 8.58. The van der Waals surface area contributed by atoms with Crippen LogP contribution >= 0.6 is 22.7 Å². The fraction of sp³-hybridized carbons (Fsp3) is 0.308. The molecule has 0 aromatic carbocycles. The van der Waals surface area contributed by atoms with Crippen molar-refractivity contribution in [3.8, 4) is 0 Å². The van der Waals surface area contributed by atoms with Crippen molar-refractivity contribution < 1.29 is 9.90 Å². The number of hydrogen-bond acceptors (Lipinski definition) is 4. The van der Waals surface area contributed by atoms with Gasteiger partial charge >= 0.3 is 0 Å². The van der Waals surface area contributed by atoms with Crippen molar-refractivity contribution in [1.29, 1.82) is 0 Å². The van der Waals surface area contributed by atoms with Crippen LogP contribution < -0.4 is 5.32 Å². The predicted octanol–water partition coefficient (Wildman–Crippen LogP) is 2.38. The molecule has 0 aliphatic rings. The van der Waals surface area contributed by atoms with E-state index in [9.17, 15) is 9.90 Å². The van der Waals surface area contributed by atoms with Crippen LogP contribution in [-0.2, 0) is 16.8 Å². The predicted molar refractivity (Wildman–Crippen MR) is 74.9 cm³/mol. The van der Waals surface area contributed by atoms with Crippen molar-refractivity contribution in [2.75, 3.05) is 6.54 Å². The molecule has 3 nitrogen and oxygen atoms in total. The highest BCUT2D eigenvalue weighted by Gasteiger charge is 2.24. The lowest BCUT2D eigenvalue weighted by Crippen LogP contribution is -2.38. The van der Waals surface area contributed by atoms with E-state index < -0.39 is 5.60 Å². The average Bonchev–Trinajstić information content (AvgIpc) is 2.99. The van der Waals surface area contributed by atoms with Crippen LogP contribution in [0, 0.1) is 0 Å². The highest BCUT2D eigenvalue weighted by atomic mass is 32.1. The highest BCUT2D eigenvalue weighted by Crippen LogP contribution is 2.22. The maximum atomic E-state index is 11.7. The minimum atomic E-state index is -1.01. The summed E-state index contributed by atoms with van der Waals surface area (Å²) in [6.45, 7) is 1.94. The Balaban J connectivity index is 1.86. The van der Waals surface area contributed by atoms with Crippen LogP contribution in [0.4, 0.5) is 0 Å². The van der Waals surface area contributed by atoms with Gasteiger partial charge in [-0.2, -0.15) is 11.3 Å². The lowest BCUT2D eigenvalue weighted by Gasteiger charge is -2.22. The van der Waals surface area contributed by atoms with Crippen molar-refractivity contribution in [1.82, 2.24) is 5.32 Å². The number of amides is 1. The van der Waals surface area contributed by atoms with Crippen LogP contribution in [0.2, 0.25) is 0 Å². The van der Waals surface area contributed by atoms with E-state index in [1.165, 1.54) is 11.3 Å². The van der Waals surface area contributed by atoms with Crippen LogP contribution in [0.1, 0.15) is 17.4 Å². The number of rotatable bonds is 5. The summed E-state index contributed by atoms with van der Waals surface area (Å²) >= 11 is 3.09. The molecule has 5 heteroatoms. The smallest absolute Gasteiger partial charge is 0.225 e. The van der Waals surface area contributed by atoms with Crippen LogP contribution in [-0.4, -0.2) is 17.6 Å². The number of hydrogen-bond donors (Lipinski definition) is 2. The monoisotopic (exact) mass is 281 g/mol. The van der Waals surface area contributed by atoms with Gasteiger partial charge in [-0.25, -0.2) is 0 Å². The Morgan fingerprint density at radius 3 is 2.89 bits per heavy atom. The first-order valence-electron chi connectivity index (χ1n) is 5.62. The van der Waals surface area contributed by atoms with Crippen LogP contribution in [0.25, 0.3) is 0 Å². The largest absolute Gasteiger partial charge is 0.384 e. The normalized spacial score (nSPS) is 14.1. The van der Waals surface area contributed by atoms with E-state index in [-0.39, 0.29) is 12.5 Å². The molecule has 18 heavy (non-hydrogen) atoms. The van der Waals surface area contributed by atoms with E-state index >= 15 is 0 Å². The Bertz CT molecular complexity index is 489. The third-order valence-electron chi connectivity index (χ3n) is 2.69. The molecule has 1 atom stereocenters. The molecule has 0 bridgehead atoms. The Kier molecular flexibility index (Phi) is 4.16. The number of thiophene rings is 2. The van der Waals surface area contributed by atoms with Gasteiger partial charge in [0.05, 0.1) is 13.0 Å². The Labute approximate surface area is 114 Å². The van der Waals surface area contributed by atoms with Gasteiger partial charge in [-0.15, -0.1) is 11.3 Å². The molecule has 96 valence electrons. The van der Waals surface area contributed by atoms with Crippen molar-refractivity contribution in [2.24, 2.45) is 0 Å². The molecule has 2 aromatic heterocycles. The highest BCUT2D eigenvalue weighted by molar-refractivity contribution is 7.10. The molecule has 0 spiro atoms. The van der Waals surface area contributed by atoms with Gasteiger partial charge in [0.25, 0.3) is 0 Å². The quantitative estimate of drug-likeness (QED) is 0.884. The minimum absolute atomic E-state index is 0.0621. The van der Waals surface area contributed by atoms with Gasteiger partial charge in [0.2, 0.25) is 5.91 Å². The third-order valence-corrected chi connectivity index (χ3v) is 4.25. The van der Waals surface area contributed by atoms with Gasteiger partial charge in [-0.3, -0.25) is 4.79 Å². The fourth-order valence-corrected chi connectivity index (χ4v) is 3.06. The van der Waals surface area contributed by atoms with E-state index in [0.717, 1.165) is 10.4 Å². The third kappa shape index (κ3) is 3.41. The lowest BCUT2D eigenvalue weighted by atomic mass is 9.99. The summed E-state index contributed by atoms with van der Waals surface area (Å²) in [5.74, 6) is -0.0621. The molecule has 0 unspecified atom stereocenters. The molecule has 0 fully saturated rings. The molecule has 0 saturated carbocycles. The lowest BCUT2D eigenvalue weighted by molar-refractivity contribution is -0.121. The molecule has 0 radical (unpaired) electrons. The van der Waals surface area contributed by atoms with E-state index in [1.807, 2.05) is 34.3 Å². The molecule has 0 saturated heterocycles. The molecule has 0 aliphatic carbocycles. The van der Waals surface area contributed by atoms with Crippen LogP contribution in [0.5, 0.6) is 0 Å². The standard InChI is InChI=1S/C13H15NO2S2/c1-13(16,10-4-6-17-8-10)9-14-12(15)7-11-3-2-5-18-11/h2-6,8,16H,7,9H2,1H3,(H,14,15)/t13-/m1/s1. The number of nitrogens with one attached hydrogen (secondary N) is 1. The Hall–Kier alpha value is -1.17. The van der Waals surface area contributed by atoms with Gasteiger partial charge in [0, 0.05) is 4.88 Å². The van der Waals surface area contributed by atoms with Crippen molar-refractivity contribution >= 4 is 28.6 Å². The van der Waals surface area contributed by atoms with Crippen molar-refractivity contribution in [3.63, 3.8) is 0 Å². The molecule has 1 amide bonds. The molecule has 2 rings (SSSR count). The van der Waals surface area contributed by atoms with E-state index in [2.05, 4.69) is 5.32 Å². The van der Waals surface area contributed by atoms with Gasteiger partial charge in [-0.05, 0) is 40.8 Å². The molecule has 2 N–H and O–H groups in total. The summed E-state index contributed by atoms with van der Waals surface area (Å²) in [4.78, 5) is 12.7. The maximum Gasteiger partial charge on any atom is 0.225 e. The minimum Gasteiger partial charge on any atom is -0.384 e. The maximum absolute atomic E-state index is 11.7.